The van der Waals surface area contributed by atoms with E-state index in [-0.39, 0.29) is 13.0 Å². The van der Waals surface area contributed by atoms with Gasteiger partial charge in [-0.3, -0.25) is 0 Å². The summed E-state index contributed by atoms with van der Waals surface area (Å²) in [4.78, 5) is 10.0. The van der Waals surface area contributed by atoms with Crippen molar-refractivity contribution in [1.82, 2.24) is 10.5 Å². The zero-order valence-corrected chi connectivity index (χ0v) is 18.3. The molecule has 0 saturated heterocycles. The van der Waals surface area contributed by atoms with Gasteiger partial charge >= 0.3 is 6.09 Å². The van der Waals surface area contributed by atoms with Gasteiger partial charge in [-0.15, -0.1) is 0 Å². The van der Waals surface area contributed by atoms with Crippen LogP contribution in [0.3, 0.4) is 0 Å². The quantitative estimate of drug-likeness (QED) is 0.374. The Hall–Kier alpha value is -3.47. The Bertz CT molecular complexity index is 951. The molecule has 0 unspecified atom stereocenters. The average Bonchev–Trinajstić information content (AvgIpc) is 3.37. The van der Waals surface area contributed by atoms with Crippen LogP contribution < -0.4 is 21.2 Å². The molecular weight excluding hydrogens is 423 g/mol. The smallest absolute Gasteiger partial charge is 0.404 e. The lowest BCUT2D eigenvalue weighted by Gasteiger charge is -2.18. The van der Waals surface area contributed by atoms with E-state index in [1.807, 2.05) is 0 Å². The van der Waals surface area contributed by atoms with E-state index < -0.39 is 20.1 Å². The summed E-state index contributed by atoms with van der Waals surface area (Å²) in [7, 11) is -0.446. The number of carbonyl (C=O) groups is 1. The predicted molar refractivity (Wildman–Crippen MR) is 127 cm³/mol. The highest BCUT2D eigenvalue weighted by molar-refractivity contribution is 7.79. The third-order valence-corrected chi connectivity index (χ3v) is 6.97. The number of aliphatic hydroxyl groups excluding tert-OH is 1. The van der Waals surface area contributed by atoms with E-state index in [9.17, 15) is 9.90 Å². The Kier molecular flexibility index (Phi) is 8.99. The fraction of sp³-hybridized carbons (Fsp3) is 0.120. The molecule has 1 amide bonds. The van der Waals surface area contributed by atoms with E-state index in [0.29, 0.717) is 5.76 Å². The van der Waals surface area contributed by atoms with Crippen LogP contribution in [0.1, 0.15) is 18.3 Å². The molecule has 0 aliphatic heterocycles. The van der Waals surface area contributed by atoms with E-state index in [0.717, 1.165) is 0 Å². The molecule has 0 bridgehead atoms. The summed E-state index contributed by atoms with van der Waals surface area (Å²) < 4.78 is 4.68. The van der Waals surface area contributed by atoms with Gasteiger partial charge in [0.25, 0.3) is 0 Å². The molecule has 0 aliphatic rings. The third kappa shape index (κ3) is 7.05. The van der Waals surface area contributed by atoms with E-state index in [4.69, 9.17) is 5.11 Å². The van der Waals surface area contributed by atoms with E-state index in [1.165, 1.54) is 28.2 Å². The van der Waals surface area contributed by atoms with Crippen molar-refractivity contribution in [3.8, 4) is 0 Å². The van der Waals surface area contributed by atoms with Crippen molar-refractivity contribution in [3.63, 3.8) is 0 Å². The number of hydrogen-bond acceptors (Lipinski definition) is 4. The number of rotatable bonds is 7. The number of nitrogens with zero attached hydrogens (tertiary/aromatic N) is 1. The molecule has 0 aliphatic carbocycles. The lowest BCUT2D eigenvalue weighted by Crippen LogP contribution is -2.23. The number of benzene rings is 3. The maximum atomic E-state index is 10.0. The molecule has 1 atom stereocenters. The average molecular weight is 448 g/mol. The molecule has 164 valence electrons. The van der Waals surface area contributed by atoms with Crippen LogP contribution in [0, 0.1) is 0 Å². The lowest BCUT2D eigenvalue weighted by atomic mass is 10.2. The fourth-order valence-corrected chi connectivity index (χ4v) is 5.34. The van der Waals surface area contributed by atoms with Crippen molar-refractivity contribution in [3.05, 3.63) is 109 Å². The Morgan fingerprint density at radius 3 is 1.69 bits per heavy atom. The normalized spacial score (nSPS) is 11.3. The van der Waals surface area contributed by atoms with Crippen LogP contribution in [0.4, 0.5) is 4.79 Å². The highest BCUT2D eigenvalue weighted by Crippen LogP contribution is 2.32. The number of nitrogens with one attached hydrogen (secondary N) is 1. The van der Waals surface area contributed by atoms with Gasteiger partial charge in [0.1, 0.15) is 6.10 Å². The highest BCUT2D eigenvalue weighted by atomic mass is 31.1. The number of carboxylic acid groups (broad SMARTS) is 1. The first-order chi connectivity index (χ1) is 15.6. The number of hydrogen-bond donors (Lipinski definition) is 3. The first-order valence-electron chi connectivity index (χ1n) is 10.2. The van der Waals surface area contributed by atoms with Crippen molar-refractivity contribution < 1.29 is 19.5 Å². The van der Waals surface area contributed by atoms with Crippen LogP contribution in [0.25, 0.3) is 0 Å². The Morgan fingerprint density at radius 1 is 0.844 bits per heavy atom. The number of aliphatic hydroxyl groups is 1. The molecule has 32 heavy (non-hydrogen) atoms. The van der Waals surface area contributed by atoms with Crippen molar-refractivity contribution in [1.29, 1.82) is 0 Å². The zero-order valence-electron chi connectivity index (χ0n) is 17.4. The topological polar surface area (TPSA) is 95.6 Å². The van der Waals surface area contributed by atoms with Gasteiger partial charge in [0.15, 0.2) is 5.76 Å². The van der Waals surface area contributed by atoms with Crippen LogP contribution in [0.15, 0.2) is 108 Å². The van der Waals surface area contributed by atoms with Crippen molar-refractivity contribution >= 4 is 29.9 Å². The molecule has 0 spiro atoms. The van der Waals surface area contributed by atoms with Crippen molar-refractivity contribution in [2.45, 2.75) is 12.5 Å². The molecule has 6 nitrogen and oxygen atoms in total. The number of aromatic nitrogens is 1. The first kappa shape index (κ1) is 23.2. The second-order valence-corrected chi connectivity index (χ2v) is 9.01. The lowest BCUT2D eigenvalue weighted by molar-refractivity contribution is 0.129. The van der Waals surface area contributed by atoms with Crippen LogP contribution >= 0.6 is 7.92 Å². The van der Waals surface area contributed by atoms with E-state index >= 15 is 0 Å². The van der Waals surface area contributed by atoms with Gasteiger partial charge in [-0.2, -0.15) is 0 Å². The SMILES string of the molecule is O=C(O)NCC[C@@H](O)c1ccno1.c1ccc(P(c2ccccc2)c2ccccc2)cc1. The fourth-order valence-electron chi connectivity index (χ4n) is 3.03. The third-order valence-electron chi connectivity index (χ3n) is 4.52. The Balaban J connectivity index is 0.000000195. The first-order valence-corrected chi connectivity index (χ1v) is 11.5. The van der Waals surface area contributed by atoms with E-state index in [2.05, 4.69) is 106 Å². The molecule has 7 heteroatoms. The van der Waals surface area contributed by atoms with Gasteiger partial charge in [0.2, 0.25) is 0 Å². The molecule has 4 rings (SSSR count). The molecule has 1 aromatic heterocycles. The summed E-state index contributed by atoms with van der Waals surface area (Å²) in [5.41, 5.74) is 0. The zero-order chi connectivity index (χ0) is 22.6. The van der Waals surface area contributed by atoms with Gasteiger partial charge in [-0.05, 0) is 30.3 Å². The molecule has 0 radical (unpaired) electrons. The Labute approximate surface area is 188 Å². The summed E-state index contributed by atoms with van der Waals surface area (Å²) in [5, 5.41) is 27.3. The van der Waals surface area contributed by atoms with Gasteiger partial charge < -0.3 is 20.1 Å². The maximum Gasteiger partial charge on any atom is 0.404 e. The maximum absolute atomic E-state index is 10.0. The molecule has 0 saturated carbocycles. The standard InChI is InChI=1S/C18H15P.C7H10N2O4/c1-4-10-16(11-5-1)19(17-12-6-2-7-13-17)18-14-8-3-9-15-18;10-5(1-3-8-7(11)12)6-2-4-9-13-6/h1-15H;2,4-5,8,10H,1,3H2,(H,11,12)/t;5-/m.1/s1. The summed E-state index contributed by atoms with van der Waals surface area (Å²) in [6.07, 6.45) is -0.232. The van der Waals surface area contributed by atoms with Crippen molar-refractivity contribution in [2.75, 3.05) is 6.54 Å². The van der Waals surface area contributed by atoms with Gasteiger partial charge in [0.05, 0.1) is 6.20 Å². The number of amides is 1. The molecule has 3 aromatic carbocycles. The highest BCUT2D eigenvalue weighted by Gasteiger charge is 2.15. The van der Waals surface area contributed by atoms with Crippen molar-refractivity contribution in [2.24, 2.45) is 0 Å². The summed E-state index contributed by atoms with van der Waals surface area (Å²) in [5.74, 6) is 0.340. The molecule has 1 heterocycles. The molecular formula is C25H25N2O4P. The second kappa shape index (κ2) is 12.4. The van der Waals surface area contributed by atoms with Crippen LogP contribution in [-0.2, 0) is 0 Å². The summed E-state index contributed by atoms with van der Waals surface area (Å²) >= 11 is 0. The summed E-state index contributed by atoms with van der Waals surface area (Å²) in [6, 6.07) is 33.9. The van der Waals surface area contributed by atoms with Crippen LogP contribution in [0.2, 0.25) is 0 Å². The largest absolute Gasteiger partial charge is 0.465 e. The van der Waals surface area contributed by atoms with Crippen LogP contribution in [-0.4, -0.2) is 28.0 Å². The predicted octanol–water partition coefficient (Wildman–Crippen LogP) is 3.81. The van der Waals surface area contributed by atoms with Gasteiger partial charge in [-0.1, -0.05) is 96.2 Å². The summed E-state index contributed by atoms with van der Waals surface area (Å²) in [6.45, 7) is 0.178. The molecule has 4 aromatic rings. The minimum Gasteiger partial charge on any atom is -0.465 e. The van der Waals surface area contributed by atoms with Gasteiger partial charge in [0, 0.05) is 12.6 Å². The minimum atomic E-state index is -1.11. The molecule has 3 N–H and O–H groups in total. The second-order valence-electron chi connectivity index (χ2n) is 6.79. The molecule has 0 fully saturated rings. The minimum absolute atomic E-state index is 0.178. The van der Waals surface area contributed by atoms with E-state index in [1.54, 1.807) is 0 Å². The Morgan fingerprint density at radius 2 is 1.31 bits per heavy atom. The monoisotopic (exact) mass is 448 g/mol. The van der Waals surface area contributed by atoms with Crippen LogP contribution in [0.5, 0.6) is 0 Å². The van der Waals surface area contributed by atoms with Gasteiger partial charge in [-0.25, -0.2) is 4.79 Å².